The molecule has 0 aromatic heterocycles. The molecule has 0 saturated carbocycles. The smallest absolute Gasteiger partial charge is 0.254 e. The van der Waals surface area contributed by atoms with Gasteiger partial charge < -0.3 is 10.2 Å². The highest BCUT2D eigenvalue weighted by Crippen LogP contribution is 2.30. The van der Waals surface area contributed by atoms with E-state index < -0.39 is 0 Å². The van der Waals surface area contributed by atoms with Gasteiger partial charge in [-0.05, 0) is 50.3 Å². The summed E-state index contributed by atoms with van der Waals surface area (Å²) >= 11 is 0. The van der Waals surface area contributed by atoms with Crippen LogP contribution in [0.25, 0.3) is 0 Å². The van der Waals surface area contributed by atoms with Crippen LogP contribution in [0.2, 0.25) is 0 Å². The maximum atomic E-state index is 13.4. The van der Waals surface area contributed by atoms with Gasteiger partial charge in [-0.15, -0.1) is 0 Å². The first-order valence-corrected chi connectivity index (χ1v) is 7.34. The van der Waals surface area contributed by atoms with Gasteiger partial charge in [-0.1, -0.05) is 6.07 Å². The number of piperidine rings is 1. The van der Waals surface area contributed by atoms with Crippen LogP contribution < -0.4 is 5.32 Å². The Bertz CT molecular complexity index is 519. The number of rotatable bonds is 2. The van der Waals surface area contributed by atoms with Gasteiger partial charge in [-0.25, -0.2) is 4.39 Å². The molecule has 3 nitrogen and oxygen atoms in total. The number of halogens is 1. The molecule has 3 rings (SSSR count). The topological polar surface area (TPSA) is 32.3 Å². The van der Waals surface area contributed by atoms with Gasteiger partial charge >= 0.3 is 0 Å². The van der Waals surface area contributed by atoms with Gasteiger partial charge in [0.25, 0.3) is 5.91 Å². The third-order valence-corrected chi connectivity index (χ3v) is 4.75. The third kappa shape index (κ3) is 2.44. The summed E-state index contributed by atoms with van der Waals surface area (Å²) in [4.78, 5) is 14.4. The molecule has 2 aliphatic heterocycles. The highest BCUT2D eigenvalue weighted by atomic mass is 19.1. The van der Waals surface area contributed by atoms with Crippen molar-refractivity contribution < 1.29 is 9.18 Å². The summed E-state index contributed by atoms with van der Waals surface area (Å²) in [5, 5.41) is 3.58. The average Bonchev–Trinajstić information content (AvgIpc) is 2.78. The Morgan fingerprint density at radius 1 is 1.30 bits per heavy atom. The molecule has 4 heteroatoms. The Kier molecular flexibility index (Phi) is 3.50. The van der Waals surface area contributed by atoms with Gasteiger partial charge in [0.2, 0.25) is 0 Å². The summed E-state index contributed by atoms with van der Waals surface area (Å²) in [5.41, 5.74) is 1.32. The van der Waals surface area contributed by atoms with Crippen LogP contribution in [0.4, 0.5) is 4.39 Å². The Morgan fingerprint density at radius 2 is 1.95 bits per heavy atom. The zero-order valence-corrected chi connectivity index (χ0v) is 12.0. The summed E-state index contributed by atoms with van der Waals surface area (Å²) in [7, 11) is 1.85. The van der Waals surface area contributed by atoms with E-state index in [2.05, 4.69) is 5.32 Å². The molecule has 0 aliphatic carbocycles. The molecule has 1 aromatic carbocycles. The van der Waals surface area contributed by atoms with Crippen LogP contribution in [-0.4, -0.2) is 36.0 Å². The van der Waals surface area contributed by atoms with Crippen molar-refractivity contribution in [1.29, 1.82) is 0 Å². The van der Waals surface area contributed by atoms with Gasteiger partial charge in [0.05, 0.1) is 0 Å². The van der Waals surface area contributed by atoms with Crippen molar-refractivity contribution in [1.82, 2.24) is 10.2 Å². The van der Waals surface area contributed by atoms with Crippen LogP contribution >= 0.6 is 0 Å². The van der Waals surface area contributed by atoms with Crippen LogP contribution in [0.5, 0.6) is 0 Å². The van der Waals surface area contributed by atoms with Gasteiger partial charge in [0.15, 0.2) is 0 Å². The van der Waals surface area contributed by atoms with Gasteiger partial charge in [-0.2, -0.15) is 0 Å². The van der Waals surface area contributed by atoms with E-state index in [4.69, 9.17) is 0 Å². The van der Waals surface area contributed by atoms with E-state index in [1.165, 1.54) is 25.0 Å². The summed E-state index contributed by atoms with van der Waals surface area (Å²) in [5.74, 6) is -0.411. The monoisotopic (exact) mass is 276 g/mol. The quantitative estimate of drug-likeness (QED) is 0.900. The molecular formula is C16H21FN2O. The average molecular weight is 276 g/mol. The largest absolute Gasteiger partial charge is 0.339 e. The number of hydrogen-bond donors (Lipinski definition) is 1. The minimum atomic E-state index is -0.349. The molecule has 108 valence electrons. The van der Waals surface area contributed by atoms with E-state index >= 15 is 0 Å². The predicted molar refractivity (Wildman–Crippen MR) is 76.2 cm³/mol. The van der Waals surface area contributed by atoms with E-state index in [9.17, 15) is 9.18 Å². The van der Waals surface area contributed by atoms with E-state index in [0.717, 1.165) is 18.4 Å². The fourth-order valence-electron chi connectivity index (χ4n) is 3.52. The van der Waals surface area contributed by atoms with Crippen molar-refractivity contribution in [3.05, 3.63) is 35.1 Å². The van der Waals surface area contributed by atoms with Crippen LogP contribution in [-0.2, 0) is 0 Å². The molecule has 0 spiro atoms. The number of nitrogens with zero attached hydrogens (tertiary/aromatic N) is 1. The summed E-state index contributed by atoms with van der Waals surface area (Å²) in [6.45, 7) is 1.85. The first-order valence-electron chi connectivity index (χ1n) is 7.34. The van der Waals surface area contributed by atoms with Gasteiger partial charge in [-0.3, -0.25) is 4.79 Å². The first-order chi connectivity index (χ1) is 9.54. The van der Waals surface area contributed by atoms with Crippen molar-refractivity contribution in [2.75, 3.05) is 7.05 Å². The molecule has 1 amide bonds. The minimum Gasteiger partial charge on any atom is -0.339 e. The van der Waals surface area contributed by atoms with E-state index in [1.54, 1.807) is 6.07 Å². The molecule has 2 aliphatic rings. The van der Waals surface area contributed by atoms with Crippen LogP contribution in [0.15, 0.2) is 18.2 Å². The highest BCUT2D eigenvalue weighted by molar-refractivity contribution is 5.95. The molecular weight excluding hydrogens is 255 g/mol. The minimum absolute atomic E-state index is 0.0618. The number of nitrogens with one attached hydrogen (secondary N) is 1. The Morgan fingerprint density at radius 3 is 2.60 bits per heavy atom. The van der Waals surface area contributed by atoms with E-state index in [1.807, 2.05) is 18.9 Å². The zero-order valence-electron chi connectivity index (χ0n) is 12.0. The second-order valence-corrected chi connectivity index (χ2v) is 6.14. The lowest BCUT2D eigenvalue weighted by Gasteiger charge is -2.35. The first kappa shape index (κ1) is 13.6. The molecule has 0 radical (unpaired) electrons. The second kappa shape index (κ2) is 5.17. The summed E-state index contributed by atoms with van der Waals surface area (Å²) < 4.78 is 13.4. The fraction of sp³-hybridized carbons (Fsp3) is 0.562. The van der Waals surface area contributed by atoms with Crippen molar-refractivity contribution in [3.63, 3.8) is 0 Å². The van der Waals surface area contributed by atoms with Crippen LogP contribution in [0.1, 0.15) is 41.6 Å². The predicted octanol–water partition coefficient (Wildman–Crippen LogP) is 2.49. The lowest BCUT2D eigenvalue weighted by Crippen LogP contribution is -2.48. The number of amides is 1. The number of benzene rings is 1. The van der Waals surface area contributed by atoms with Crippen molar-refractivity contribution in [3.8, 4) is 0 Å². The molecule has 20 heavy (non-hydrogen) atoms. The SMILES string of the molecule is Cc1ccc(F)cc1C(=O)N(C)C1CC2CCC(C1)N2. The lowest BCUT2D eigenvalue weighted by molar-refractivity contribution is 0.0680. The van der Waals surface area contributed by atoms with Crippen molar-refractivity contribution >= 4 is 5.91 Å². The number of fused-ring (bicyclic) bond motifs is 2. The number of aryl methyl sites for hydroxylation is 1. The summed E-state index contributed by atoms with van der Waals surface area (Å²) in [6.07, 6.45) is 4.44. The van der Waals surface area contributed by atoms with Crippen molar-refractivity contribution in [2.45, 2.75) is 50.7 Å². The van der Waals surface area contributed by atoms with Crippen molar-refractivity contribution in [2.24, 2.45) is 0 Å². The molecule has 1 aromatic rings. The van der Waals surface area contributed by atoms with E-state index in [0.29, 0.717) is 17.6 Å². The van der Waals surface area contributed by atoms with Crippen LogP contribution in [0, 0.1) is 12.7 Å². The molecule has 1 N–H and O–H groups in total. The molecule has 2 fully saturated rings. The maximum Gasteiger partial charge on any atom is 0.254 e. The van der Waals surface area contributed by atoms with E-state index in [-0.39, 0.29) is 17.8 Å². The third-order valence-electron chi connectivity index (χ3n) is 4.75. The highest BCUT2D eigenvalue weighted by Gasteiger charge is 2.36. The Hall–Kier alpha value is -1.42. The maximum absolute atomic E-state index is 13.4. The number of carbonyl (C=O) groups excluding carboxylic acids is 1. The van der Waals surface area contributed by atoms with Gasteiger partial charge in [0, 0.05) is 30.7 Å². The molecule has 2 atom stereocenters. The lowest BCUT2D eigenvalue weighted by atomic mass is 9.97. The molecule has 2 unspecified atom stereocenters. The normalized spacial score (nSPS) is 28.4. The molecule has 2 saturated heterocycles. The Labute approximate surface area is 119 Å². The molecule has 2 bridgehead atoms. The standard InChI is InChI=1S/C16H21FN2O/c1-10-3-4-11(17)7-15(10)16(20)19(2)14-8-12-5-6-13(9-14)18-12/h3-4,7,12-14,18H,5-6,8-9H2,1-2H3. The molecule has 2 heterocycles. The Balaban J connectivity index is 1.78. The number of hydrogen-bond acceptors (Lipinski definition) is 2. The van der Waals surface area contributed by atoms with Crippen LogP contribution in [0.3, 0.4) is 0 Å². The zero-order chi connectivity index (χ0) is 14.3. The summed E-state index contributed by atoms with van der Waals surface area (Å²) in [6, 6.07) is 5.78. The number of carbonyl (C=O) groups is 1. The fourth-order valence-corrected chi connectivity index (χ4v) is 3.52. The second-order valence-electron chi connectivity index (χ2n) is 6.14. The van der Waals surface area contributed by atoms with Gasteiger partial charge in [0.1, 0.15) is 5.82 Å².